The molecule has 0 radical (unpaired) electrons. The summed E-state index contributed by atoms with van der Waals surface area (Å²) in [4.78, 5) is 10.7. The molecule has 3 N–H and O–H groups in total. The second-order valence-electron chi connectivity index (χ2n) is 3.96. The lowest BCUT2D eigenvalue weighted by molar-refractivity contribution is -0.139. The number of aryl methyl sites for hydroxylation is 1. The van der Waals surface area contributed by atoms with Crippen LogP contribution in [0.15, 0.2) is 23.1 Å². The first-order valence-corrected chi connectivity index (χ1v) is 7.26. The van der Waals surface area contributed by atoms with Gasteiger partial charge in [-0.25, -0.2) is 8.42 Å². The normalized spacial score (nSPS) is 13.2. The van der Waals surface area contributed by atoms with Crippen molar-refractivity contribution >= 4 is 27.6 Å². The van der Waals surface area contributed by atoms with Gasteiger partial charge in [-0.15, -0.1) is 0 Å². The topological polar surface area (TPSA) is 104 Å². The fraction of sp³-hybridized carbons (Fsp3) is 0.364. The van der Waals surface area contributed by atoms with E-state index in [1.54, 1.807) is 13.0 Å². The number of carboxylic acid groups (broad SMARTS) is 1. The van der Waals surface area contributed by atoms with Crippen LogP contribution < -0.4 is 4.72 Å². The van der Waals surface area contributed by atoms with Gasteiger partial charge >= 0.3 is 5.97 Å². The zero-order valence-corrected chi connectivity index (χ0v) is 11.7. The third kappa shape index (κ3) is 4.17. The molecule has 6 nitrogen and oxygen atoms in total. The van der Waals surface area contributed by atoms with Gasteiger partial charge in [0.2, 0.25) is 10.0 Å². The second kappa shape index (κ2) is 6.33. The van der Waals surface area contributed by atoms with Crippen molar-refractivity contribution in [2.75, 3.05) is 6.61 Å². The molecule has 0 fully saturated rings. The Hall–Kier alpha value is -1.15. The molecule has 1 atom stereocenters. The van der Waals surface area contributed by atoms with E-state index in [0.717, 1.165) is 5.56 Å². The van der Waals surface area contributed by atoms with E-state index in [1.807, 2.05) is 4.72 Å². The highest BCUT2D eigenvalue weighted by atomic mass is 35.5. The van der Waals surface area contributed by atoms with Crippen molar-refractivity contribution in [1.82, 2.24) is 4.72 Å². The van der Waals surface area contributed by atoms with E-state index in [-0.39, 0.29) is 16.3 Å². The predicted molar refractivity (Wildman–Crippen MR) is 69.6 cm³/mol. The number of rotatable bonds is 6. The molecule has 0 amide bonds. The molecule has 0 unspecified atom stereocenters. The Morgan fingerprint density at radius 2 is 2.11 bits per heavy atom. The highest BCUT2D eigenvalue weighted by Gasteiger charge is 2.26. The van der Waals surface area contributed by atoms with E-state index in [2.05, 4.69) is 0 Å². The summed E-state index contributed by atoms with van der Waals surface area (Å²) < 4.78 is 26.0. The molecule has 1 aromatic rings. The molecule has 0 spiro atoms. The Kier molecular flexibility index (Phi) is 5.30. The largest absolute Gasteiger partial charge is 0.480 e. The summed E-state index contributed by atoms with van der Waals surface area (Å²) in [5, 5.41) is 17.6. The summed E-state index contributed by atoms with van der Waals surface area (Å²) in [6.07, 6.45) is -0.224. The summed E-state index contributed by atoms with van der Waals surface area (Å²) in [7, 11) is -4.05. The molecule has 0 bridgehead atoms. The monoisotopic (exact) mass is 307 g/mol. The van der Waals surface area contributed by atoms with Gasteiger partial charge in [0.15, 0.2) is 0 Å². The van der Waals surface area contributed by atoms with Crippen LogP contribution in [0.4, 0.5) is 0 Å². The molecule has 0 aliphatic rings. The molecule has 0 saturated carbocycles. The average Bonchev–Trinajstić information content (AvgIpc) is 2.27. The van der Waals surface area contributed by atoms with Gasteiger partial charge in [0.05, 0.1) is 5.02 Å². The Balaban J connectivity index is 3.06. The van der Waals surface area contributed by atoms with Gasteiger partial charge in [-0.2, -0.15) is 4.72 Å². The van der Waals surface area contributed by atoms with Crippen molar-refractivity contribution in [3.63, 3.8) is 0 Å². The third-order valence-electron chi connectivity index (χ3n) is 2.39. The molecule has 0 aromatic heterocycles. The lowest BCUT2D eigenvalue weighted by Gasteiger charge is -2.14. The first-order valence-electron chi connectivity index (χ1n) is 5.40. The zero-order chi connectivity index (χ0) is 14.6. The molecule has 0 saturated heterocycles. The SMILES string of the molecule is Cc1ccc(S(=O)(=O)N[C@@H](CCO)C(=O)O)c(Cl)c1. The van der Waals surface area contributed by atoms with Crippen molar-refractivity contribution in [2.45, 2.75) is 24.3 Å². The summed E-state index contributed by atoms with van der Waals surface area (Å²) in [5.74, 6) is -1.36. The summed E-state index contributed by atoms with van der Waals surface area (Å²) in [6, 6.07) is 2.94. The smallest absolute Gasteiger partial charge is 0.321 e. The Labute approximate surface area is 116 Å². The van der Waals surface area contributed by atoms with Crippen molar-refractivity contribution in [2.24, 2.45) is 0 Å². The van der Waals surface area contributed by atoms with E-state index in [4.69, 9.17) is 21.8 Å². The molecule has 0 aliphatic carbocycles. The quantitative estimate of drug-likeness (QED) is 0.720. The minimum absolute atomic E-state index is 0.0145. The number of carboxylic acids is 1. The highest BCUT2D eigenvalue weighted by Crippen LogP contribution is 2.22. The van der Waals surface area contributed by atoms with E-state index < -0.39 is 28.6 Å². The minimum Gasteiger partial charge on any atom is -0.480 e. The van der Waals surface area contributed by atoms with Crippen molar-refractivity contribution in [3.8, 4) is 0 Å². The Bertz CT molecular complexity index is 572. The number of halogens is 1. The first-order chi connectivity index (χ1) is 8.77. The molecule has 1 rings (SSSR count). The molecule has 0 heterocycles. The summed E-state index contributed by atoms with van der Waals surface area (Å²) >= 11 is 5.84. The van der Waals surface area contributed by atoms with E-state index in [9.17, 15) is 13.2 Å². The van der Waals surface area contributed by atoms with Crippen LogP contribution in [0.1, 0.15) is 12.0 Å². The summed E-state index contributed by atoms with van der Waals surface area (Å²) in [6.45, 7) is 1.31. The molecule has 1 aromatic carbocycles. The van der Waals surface area contributed by atoms with Crippen LogP contribution in [0, 0.1) is 6.92 Å². The molecule has 106 valence electrons. The zero-order valence-electron chi connectivity index (χ0n) is 10.1. The van der Waals surface area contributed by atoms with E-state index in [0.29, 0.717) is 0 Å². The van der Waals surface area contributed by atoms with Gasteiger partial charge in [-0.1, -0.05) is 17.7 Å². The maximum absolute atomic E-state index is 12.0. The van der Waals surface area contributed by atoms with Crippen LogP contribution in [0.2, 0.25) is 5.02 Å². The number of aliphatic carboxylic acids is 1. The first kappa shape index (κ1) is 15.9. The number of hydrogen-bond donors (Lipinski definition) is 3. The number of nitrogens with one attached hydrogen (secondary N) is 1. The maximum atomic E-state index is 12.0. The van der Waals surface area contributed by atoms with E-state index >= 15 is 0 Å². The van der Waals surface area contributed by atoms with Crippen LogP contribution in [-0.4, -0.2) is 37.2 Å². The molecular formula is C11H14ClNO5S. The highest BCUT2D eigenvalue weighted by molar-refractivity contribution is 7.89. The van der Waals surface area contributed by atoms with Crippen molar-refractivity contribution in [3.05, 3.63) is 28.8 Å². The van der Waals surface area contributed by atoms with Gasteiger partial charge in [0.1, 0.15) is 10.9 Å². The van der Waals surface area contributed by atoms with Crippen LogP contribution >= 0.6 is 11.6 Å². The molecular weight excluding hydrogens is 294 g/mol. The van der Waals surface area contributed by atoms with Crippen molar-refractivity contribution < 1.29 is 23.4 Å². The fourth-order valence-corrected chi connectivity index (χ4v) is 3.26. The number of hydrogen-bond acceptors (Lipinski definition) is 4. The number of aliphatic hydroxyl groups is 1. The standard InChI is InChI=1S/C11H14ClNO5S/c1-7-2-3-10(8(12)6-7)19(17,18)13-9(4-5-14)11(15)16/h2-3,6,9,13-14H,4-5H2,1H3,(H,15,16)/t9-/m0/s1. The molecule has 0 aliphatic heterocycles. The lowest BCUT2D eigenvalue weighted by Crippen LogP contribution is -2.41. The van der Waals surface area contributed by atoms with Crippen LogP contribution in [0.5, 0.6) is 0 Å². The van der Waals surface area contributed by atoms with E-state index in [1.165, 1.54) is 12.1 Å². The van der Waals surface area contributed by atoms with Gasteiger partial charge in [0, 0.05) is 6.61 Å². The third-order valence-corrected chi connectivity index (χ3v) is 4.34. The maximum Gasteiger partial charge on any atom is 0.321 e. The summed E-state index contributed by atoms with van der Waals surface area (Å²) in [5.41, 5.74) is 0.786. The van der Waals surface area contributed by atoms with Gasteiger partial charge in [-0.3, -0.25) is 4.79 Å². The Morgan fingerprint density at radius 1 is 1.47 bits per heavy atom. The van der Waals surface area contributed by atoms with Gasteiger partial charge in [-0.05, 0) is 31.0 Å². The number of benzene rings is 1. The van der Waals surface area contributed by atoms with Crippen LogP contribution in [0.25, 0.3) is 0 Å². The van der Waals surface area contributed by atoms with Crippen molar-refractivity contribution in [1.29, 1.82) is 0 Å². The predicted octanol–water partition coefficient (Wildman–Crippen LogP) is 0.762. The van der Waals surface area contributed by atoms with Crippen LogP contribution in [0.3, 0.4) is 0 Å². The lowest BCUT2D eigenvalue weighted by atomic mass is 10.2. The molecule has 8 heteroatoms. The van der Waals surface area contributed by atoms with Gasteiger partial charge in [0.25, 0.3) is 0 Å². The average molecular weight is 308 g/mol. The fourth-order valence-electron chi connectivity index (χ4n) is 1.44. The minimum atomic E-state index is -4.05. The Morgan fingerprint density at radius 3 is 2.58 bits per heavy atom. The van der Waals surface area contributed by atoms with Gasteiger partial charge < -0.3 is 10.2 Å². The molecule has 19 heavy (non-hydrogen) atoms. The number of sulfonamides is 1. The van der Waals surface area contributed by atoms with Crippen LogP contribution in [-0.2, 0) is 14.8 Å². The second-order valence-corrected chi connectivity index (χ2v) is 6.05. The number of carbonyl (C=O) groups is 1. The number of aliphatic hydroxyl groups excluding tert-OH is 1.